The Labute approximate surface area is 65.3 Å². The van der Waals surface area contributed by atoms with E-state index >= 15 is 0 Å². The highest BCUT2D eigenvalue weighted by molar-refractivity contribution is 14.1. The lowest BCUT2D eigenvalue weighted by Crippen LogP contribution is -2.30. The molecule has 0 bridgehead atoms. The molecule has 0 aromatic carbocycles. The number of hydrogen-bond donors (Lipinski definition) is 1. The number of rotatable bonds is 0. The fourth-order valence-electron chi connectivity index (χ4n) is 0.720. The predicted octanol–water partition coefficient (Wildman–Crippen LogP) is 0.648. The van der Waals surface area contributed by atoms with Crippen LogP contribution in [0.15, 0.2) is 0 Å². The zero-order valence-electron chi connectivity index (χ0n) is 4.52. The highest BCUT2D eigenvalue weighted by atomic mass is 127. The fraction of sp³-hybridized carbons (Fsp3) is 1.00. The first-order chi connectivity index (χ1) is 4.02. The maximum atomic E-state index is 12.3. The number of aliphatic hydroxyl groups excluding tert-OH is 1. The lowest BCUT2D eigenvalue weighted by atomic mass is 10.2. The Balaban J connectivity index is 2.58. The van der Waals surface area contributed by atoms with Gasteiger partial charge in [-0.2, -0.15) is 0 Å². The van der Waals surface area contributed by atoms with Crippen LogP contribution in [0.1, 0.15) is 0 Å². The van der Waals surface area contributed by atoms with E-state index in [9.17, 15) is 8.78 Å². The topological polar surface area (TPSA) is 23.5 Å². The van der Waals surface area contributed by atoms with Crippen LogP contribution in [0.3, 0.4) is 0 Å². The van der Waals surface area contributed by atoms with Gasteiger partial charge in [0.1, 0.15) is 6.10 Å². The molecule has 9 heavy (non-hydrogen) atoms. The predicted molar refractivity (Wildman–Crippen MR) is 36.5 cm³/mol. The lowest BCUT2D eigenvalue weighted by Gasteiger charge is -2.09. The molecule has 1 rings (SSSR count). The third-order valence-electron chi connectivity index (χ3n) is 1.24. The monoisotopic (exact) mass is 249 g/mol. The van der Waals surface area contributed by atoms with E-state index in [-0.39, 0.29) is 13.1 Å². The summed E-state index contributed by atoms with van der Waals surface area (Å²) in [6.07, 6.45) is -1.48. The molecule has 0 saturated carbocycles. The maximum absolute atomic E-state index is 12.3. The molecule has 0 amide bonds. The molecular weight excluding hydrogens is 243 g/mol. The minimum absolute atomic E-state index is 0.0631. The summed E-state index contributed by atoms with van der Waals surface area (Å²) in [5.41, 5.74) is 0. The number of aliphatic hydroxyl groups is 1. The molecule has 1 aliphatic rings. The SMILES string of the molecule is OC1CN(I)CC1(F)F. The maximum Gasteiger partial charge on any atom is 0.287 e. The van der Waals surface area contributed by atoms with Gasteiger partial charge in [-0.25, -0.2) is 11.9 Å². The Morgan fingerprint density at radius 3 is 2.33 bits per heavy atom. The standard InChI is InChI=1S/C4H6F2INO/c5-4(6)2-8(7)1-3(4)9/h3,9H,1-2H2. The summed E-state index contributed by atoms with van der Waals surface area (Å²) < 4.78 is 26.0. The van der Waals surface area contributed by atoms with Crippen LogP contribution < -0.4 is 0 Å². The largest absolute Gasteiger partial charge is 0.385 e. The Hall–Kier alpha value is 0.510. The van der Waals surface area contributed by atoms with Crippen LogP contribution in [0.25, 0.3) is 0 Å². The van der Waals surface area contributed by atoms with E-state index in [1.165, 1.54) is 3.11 Å². The molecule has 5 heteroatoms. The van der Waals surface area contributed by atoms with Gasteiger partial charge in [-0.1, -0.05) is 0 Å². The molecule has 0 radical (unpaired) electrons. The van der Waals surface area contributed by atoms with Gasteiger partial charge >= 0.3 is 0 Å². The van der Waals surface area contributed by atoms with Gasteiger partial charge in [0.05, 0.1) is 6.54 Å². The van der Waals surface area contributed by atoms with Crippen LogP contribution >= 0.6 is 22.9 Å². The molecule has 0 aliphatic carbocycles. The second-order valence-electron chi connectivity index (χ2n) is 2.08. The summed E-state index contributed by atoms with van der Waals surface area (Å²) in [4.78, 5) is 0. The van der Waals surface area contributed by atoms with Crippen molar-refractivity contribution in [3.63, 3.8) is 0 Å². The van der Waals surface area contributed by atoms with E-state index < -0.39 is 12.0 Å². The van der Waals surface area contributed by atoms with Gasteiger partial charge in [-0.3, -0.25) is 0 Å². The van der Waals surface area contributed by atoms with Crippen molar-refractivity contribution in [2.75, 3.05) is 13.1 Å². The molecule has 54 valence electrons. The minimum Gasteiger partial charge on any atom is -0.385 e. The average molecular weight is 249 g/mol. The van der Waals surface area contributed by atoms with Crippen LogP contribution in [0.4, 0.5) is 8.78 Å². The number of β-amino-alcohol motifs (C(OH)–C–C–N with tert-alkyl or cyclic N) is 1. The molecule has 0 aromatic heterocycles. The van der Waals surface area contributed by atoms with E-state index in [2.05, 4.69) is 0 Å². The molecule has 1 aliphatic heterocycles. The van der Waals surface area contributed by atoms with E-state index in [0.717, 1.165) is 0 Å². The van der Waals surface area contributed by atoms with Crippen LogP contribution in [0.2, 0.25) is 0 Å². The second-order valence-corrected chi connectivity index (χ2v) is 3.44. The molecule has 2 nitrogen and oxygen atoms in total. The first-order valence-corrected chi connectivity index (χ1v) is 3.45. The number of hydrogen-bond acceptors (Lipinski definition) is 2. The van der Waals surface area contributed by atoms with Crippen LogP contribution in [-0.4, -0.2) is 33.3 Å². The molecule has 0 aromatic rings. The number of alkyl halides is 2. The van der Waals surface area contributed by atoms with Crippen molar-refractivity contribution in [3.8, 4) is 0 Å². The third kappa shape index (κ3) is 1.50. The summed E-state index contributed by atoms with van der Waals surface area (Å²) >= 11 is 1.77. The van der Waals surface area contributed by atoms with E-state index in [1.54, 1.807) is 22.9 Å². The third-order valence-corrected chi connectivity index (χ3v) is 1.98. The van der Waals surface area contributed by atoms with Crippen LogP contribution in [0, 0.1) is 0 Å². The zero-order chi connectivity index (χ0) is 7.07. The van der Waals surface area contributed by atoms with E-state index in [4.69, 9.17) is 5.11 Å². The van der Waals surface area contributed by atoms with Gasteiger partial charge in [0, 0.05) is 29.4 Å². The molecule has 1 saturated heterocycles. The van der Waals surface area contributed by atoms with Crippen molar-refractivity contribution in [2.45, 2.75) is 12.0 Å². The van der Waals surface area contributed by atoms with Gasteiger partial charge in [-0.05, 0) is 0 Å². The van der Waals surface area contributed by atoms with Crippen molar-refractivity contribution in [1.82, 2.24) is 3.11 Å². The van der Waals surface area contributed by atoms with E-state index in [1.807, 2.05) is 0 Å². The number of halogens is 3. The summed E-state index contributed by atoms with van der Waals surface area (Å²) in [5.74, 6) is -2.90. The van der Waals surface area contributed by atoms with E-state index in [0.29, 0.717) is 0 Å². The zero-order valence-corrected chi connectivity index (χ0v) is 6.68. The van der Waals surface area contributed by atoms with Crippen molar-refractivity contribution in [3.05, 3.63) is 0 Å². The average Bonchev–Trinajstić information content (AvgIpc) is 1.79. The van der Waals surface area contributed by atoms with Crippen LogP contribution in [0.5, 0.6) is 0 Å². The fourth-order valence-corrected chi connectivity index (χ4v) is 1.55. The summed E-state index contributed by atoms with van der Waals surface area (Å²) in [6, 6.07) is 0. The molecule has 0 spiro atoms. The van der Waals surface area contributed by atoms with Gasteiger partial charge in [0.15, 0.2) is 0 Å². The van der Waals surface area contributed by atoms with Crippen molar-refractivity contribution >= 4 is 22.9 Å². The van der Waals surface area contributed by atoms with Gasteiger partial charge < -0.3 is 5.11 Å². The highest BCUT2D eigenvalue weighted by Gasteiger charge is 2.46. The Morgan fingerprint density at radius 1 is 1.67 bits per heavy atom. The van der Waals surface area contributed by atoms with Gasteiger partial charge in [0.25, 0.3) is 5.92 Å². The summed E-state index contributed by atoms with van der Waals surface area (Å²) in [5, 5.41) is 8.63. The van der Waals surface area contributed by atoms with Crippen molar-refractivity contribution in [2.24, 2.45) is 0 Å². The second kappa shape index (κ2) is 2.28. The smallest absolute Gasteiger partial charge is 0.287 e. The molecular formula is C4H6F2INO. The molecule has 1 atom stereocenters. The molecule has 1 unspecified atom stereocenters. The molecule has 1 fully saturated rings. The Bertz CT molecular complexity index is 121. The lowest BCUT2D eigenvalue weighted by molar-refractivity contribution is -0.0720. The van der Waals surface area contributed by atoms with Gasteiger partial charge in [-0.15, -0.1) is 0 Å². The quantitative estimate of drug-likeness (QED) is 0.503. The summed E-state index contributed by atoms with van der Waals surface area (Å²) in [7, 11) is 0. The van der Waals surface area contributed by atoms with Crippen molar-refractivity contribution < 1.29 is 13.9 Å². The number of nitrogens with zero attached hydrogens (tertiary/aromatic N) is 1. The minimum atomic E-state index is -2.90. The first kappa shape index (κ1) is 7.62. The first-order valence-electron chi connectivity index (χ1n) is 2.49. The normalized spacial score (nSPS) is 35.3. The van der Waals surface area contributed by atoms with Crippen LogP contribution in [-0.2, 0) is 0 Å². The molecule has 1 N–H and O–H groups in total. The molecule has 1 heterocycles. The summed E-state index contributed by atoms with van der Waals surface area (Å²) in [6.45, 7) is -0.276. The Morgan fingerprint density at radius 2 is 2.22 bits per heavy atom. The van der Waals surface area contributed by atoms with Gasteiger partial charge in [0.2, 0.25) is 0 Å². The van der Waals surface area contributed by atoms with Crippen molar-refractivity contribution in [1.29, 1.82) is 0 Å². The Kier molecular flexibility index (Phi) is 1.93. The highest BCUT2D eigenvalue weighted by Crippen LogP contribution is 2.29.